The monoisotopic (exact) mass is 344 g/mol. The van der Waals surface area contributed by atoms with E-state index in [1.54, 1.807) is 29.6 Å². The summed E-state index contributed by atoms with van der Waals surface area (Å²) in [5.74, 6) is 0.413. The number of nitrogens with one attached hydrogen (secondary N) is 1. The molecule has 1 fully saturated rings. The second-order valence-corrected chi connectivity index (χ2v) is 6.30. The number of hydrogen-bond acceptors (Lipinski definition) is 6. The van der Waals surface area contributed by atoms with Crippen LogP contribution in [0.2, 0.25) is 0 Å². The van der Waals surface area contributed by atoms with Crippen molar-refractivity contribution < 1.29 is 9.90 Å². The summed E-state index contributed by atoms with van der Waals surface area (Å²) < 4.78 is 1.85. The standard InChI is InChI=1S/C17H24N6O2/c1-3-8-23-12(2)13(10-20-23)16(25)22-9-5-14(15(24)11-22)21-17-18-6-4-7-19-17/h4,6-7,10,14-15,24H,3,5,8-9,11H2,1-2H3,(H,18,19,21)/t14-,15-/m1/s1. The Morgan fingerprint density at radius 1 is 1.40 bits per heavy atom. The molecule has 0 spiro atoms. The van der Waals surface area contributed by atoms with Gasteiger partial charge in [-0.3, -0.25) is 9.48 Å². The fourth-order valence-electron chi connectivity index (χ4n) is 3.09. The van der Waals surface area contributed by atoms with Crippen LogP contribution in [0.3, 0.4) is 0 Å². The van der Waals surface area contributed by atoms with Crippen LogP contribution in [0.4, 0.5) is 5.95 Å². The van der Waals surface area contributed by atoms with Crippen molar-refractivity contribution in [1.82, 2.24) is 24.6 Å². The number of carbonyl (C=O) groups is 1. The van der Waals surface area contributed by atoms with Crippen LogP contribution in [0, 0.1) is 6.92 Å². The van der Waals surface area contributed by atoms with E-state index in [1.165, 1.54) is 0 Å². The molecule has 1 saturated heterocycles. The Kier molecular flexibility index (Phi) is 5.28. The minimum absolute atomic E-state index is 0.0756. The molecule has 3 rings (SSSR count). The van der Waals surface area contributed by atoms with Crippen LogP contribution in [0.1, 0.15) is 35.8 Å². The van der Waals surface area contributed by atoms with Gasteiger partial charge in [-0.05, 0) is 25.8 Å². The van der Waals surface area contributed by atoms with Crippen LogP contribution >= 0.6 is 0 Å². The third-order valence-electron chi connectivity index (χ3n) is 4.52. The molecule has 8 heteroatoms. The van der Waals surface area contributed by atoms with Crippen molar-refractivity contribution in [3.05, 3.63) is 35.9 Å². The van der Waals surface area contributed by atoms with Crippen molar-refractivity contribution in [2.75, 3.05) is 18.4 Å². The molecule has 25 heavy (non-hydrogen) atoms. The number of hydrogen-bond donors (Lipinski definition) is 2. The highest BCUT2D eigenvalue weighted by molar-refractivity contribution is 5.95. The predicted molar refractivity (Wildman–Crippen MR) is 93.2 cm³/mol. The minimum Gasteiger partial charge on any atom is -0.389 e. The molecule has 3 heterocycles. The molecule has 0 unspecified atom stereocenters. The van der Waals surface area contributed by atoms with Gasteiger partial charge in [0.05, 0.1) is 23.9 Å². The van der Waals surface area contributed by atoms with E-state index < -0.39 is 6.10 Å². The Balaban J connectivity index is 1.63. The van der Waals surface area contributed by atoms with E-state index in [-0.39, 0.29) is 18.5 Å². The normalized spacial score (nSPS) is 20.5. The van der Waals surface area contributed by atoms with Crippen LogP contribution < -0.4 is 5.32 Å². The number of piperidine rings is 1. The molecule has 0 radical (unpaired) electrons. The number of β-amino-alcohol motifs (C(OH)–C–C–N with tert-alkyl or cyclic N) is 1. The maximum Gasteiger partial charge on any atom is 0.257 e. The molecule has 2 aromatic heterocycles. The molecule has 0 bridgehead atoms. The first-order chi connectivity index (χ1) is 12.1. The maximum atomic E-state index is 12.8. The summed E-state index contributed by atoms with van der Waals surface area (Å²) in [6.45, 7) is 5.63. The lowest BCUT2D eigenvalue weighted by atomic mass is 10.0. The molecule has 0 aliphatic carbocycles. The molecule has 2 N–H and O–H groups in total. The van der Waals surface area contributed by atoms with Crippen LogP contribution in [-0.4, -0.2) is 60.9 Å². The lowest BCUT2D eigenvalue weighted by Crippen LogP contribution is -2.51. The summed E-state index contributed by atoms with van der Waals surface area (Å²) in [5.41, 5.74) is 1.48. The molecule has 1 aliphatic heterocycles. The fourth-order valence-corrected chi connectivity index (χ4v) is 3.09. The summed E-state index contributed by atoms with van der Waals surface area (Å²) in [7, 11) is 0. The van der Waals surface area contributed by atoms with Crippen molar-refractivity contribution in [3.63, 3.8) is 0 Å². The zero-order valence-electron chi connectivity index (χ0n) is 14.6. The maximum absolute atomic E-state index is 12.8. The van der Waals surface area contributed by atoms with E-state index in [0.717, 1.165) is 18.7 Å². The number of likely N-dealkylation sites (tertiary alicyclic amines) is 1. The van der Waals surface area contributed by atoms with Gasteiger partial charge in [-0.1, -0.05) is 6.92 Å². The highest BCUT2D eigenvalue weighted by Crippen LogP contribution is 2.18. The van der Waals surface area contributed by atoms with Crippen LogP contribution in [0.15, 0.2) is 24.7 Å². The number of carbonyl (C=O) groups excluding carboxylic acids is 1. The van der Waals surface area contributed by atoms with E-state index in [2.05, 4.69) is 27.3 Å². The molecule has 1 amide bonds. The van der Waals surface area contributed by atoms with Crippen molar-refractivity contribution >= 4 is 11.9 Å². The van der Waals surface area contributed by atoms with Gasteiger partial charge in [0.25, 0.3) is 5.91 Å². The highest BCUT2D eigenvalue weighted by atomic mass is 16.3. The fraction of sp³-hybridized carbons (Fsp3) is 0.529. The van der Waals surface area contributed by atoms with Gasteiger partial charge in [0.15, 0.2) is 0 Å². The van der Waals surface area contributed by atoms with Crippen molar-refractivity contribution in [1.29, 1.82) is 0 Å². The summed E-state index contributed by atoms with van der Waals surface area (Å²) in [6, 6.07) is 1.57. The smallest absolute Gasteiger partial charge is 0.257 e. The topological polar surface area (TPSA) is 96.2 Å². The number of rotatable bonds is 5. The number of aryl methyl sites for hydroxylation is 1. The Bertz CT molecular complexity index is 717. The highest BCUT2D eigenvalue weighted by Gasteiger charge is 2.32. The SMILES string of the molecule is CCCn1ncc(C(=O)N2CC[C@@H](Nc3ncccn3)[C@H](O)C2)c1C. The quantitative estimate of drug-likeness (QED) is 0.842. The number of anilines is 1. The Morgan fingerprint density at radius 2 is 2.16 bits per heavy atom. The van der Waals surface area contributed by atoms with Gasteiger partial charge < -0.3 is 15.3 Å². The van der Waals surface area contributed by atoms with Gasteiger partial charge >= 0.3 is 0 Å². The summed E-state index contributed by atoms with van der Waals surface area (Å²) in [4.78, 5) is 22.7. The molecular weight excluding hydrogens is 320 g/mol. The van der Waals surface area contributed by atoms with E-state index >= 15 is 0 Å². The van der Waals surface area contributed by atoms with Crippen molar-refractivity contribution in [2.24, 2.45) is 0 Å². The number of aliphatic hydroxyl groups is 1. The zero-order valence-corrected chi connectivity index (χ0v) is 14.6. The average Bonchev–Trinajstić information content (AvgIpc) is 2.98. The Morgan fingerprint density at radius 3 is 2.84 bits per heavy atom. The van der Waals surface area contributed by atoms with Crippen molar-refractivity contribution in [3.8, 4) is 0 Å². The molecule has 1 aliphatic rings. The number of nitrogens with zero attached hydrogens (tertiary/aromatic N) is 5. The molecule has 0 saturated carbocycles. The third-order valence-corrected chi connectivity index (χ3v) is 4.52. The first kappa shape index (κ1) is 17.3. The average molecular weight is 344 g/mol. The lowest BCUT2D eigenvalue weighted by molar-refractivity contribution is 0.0424. The lowest BCUT2D eigenvalue weighted by Gasteiger charge is -2.36. The first-order valence-electron chi connectivity index (χ1n) is 8.63. The summed E-state index contributed by atoms with van der Waals surface area (Å²) in [6.07, 6.45) is 5.85. The summed E-state index contributed by atoms with van der Waals surface area (Å²) >= 11 is 0. The molecule has 2 aromatic rings. The molecule has 2 atom stereocenters. The van der Waals surface area contributed by atoms with Gasteiger partial charge in [-0.25, -0.2) is 9.97 Å². The van der Waals surface area contributed by atoms with Gasteiger partial charge in [0.1, 0.15) is 0 Å². The summed E-state index contributed by atoms with van der Waals surface area (Å²) in [5, 5.41) is 17.8. The zero-order chi connectivity index (χ0) is 17.8. The van der Waals surface area contributed by atoms with Crippen LogP contribution in [0.25, 0.3) is 0 Å². The van der Waals surface area contributed by atoms with Gasteiger partial charge in [0.2, 0.25) is 5.95 Å². The van der Waals surface area contributed by atoms with E-state index in [4.69, 9.17) is 0 Å². The minimum atomic E-state index is -0.674. The van der Waals surface area contributed by atoms with Gasteiger partial charge in [-0.15, -0.1) is 0 Å². The number of amides is 1. The largest absolute Gasteiger partial charge is 0.389 e. The first-order valence-corrected chi connectivity index (χ1v) is 8.63. The third kappa shape index (κ3) is 3.79. The molecule has 134 valence electrons. The van der Waals surface area contributed by atoms with Crippen LogP contribution in [0.5, 0.6) is 0 Å². The number of aliphatic hydroxyl groups excluding tert-OH is 1. The van der Waals surface area contributed by atoms with Crippen molar-refractivity contribution in [2.45, 2.75) is 45.4 Å². The molecule has 0 aromatic carbocycles. The Labute approximate surface area is 146 Å². The van der Waals surface area contributed by atoms with Crippen LogP contribution in [-0.2, 0) is 6.54 Å². The second-order valence-electron chi connectivity index (χ2n) is 6.30. The van der Waals surface area contributed by atoms with E-state index in [1.807, 2.05) is 11.6 Å². The van der Waals surface area contributed by atoms with Gasteiger partial charge in [0, 0.05) is 37.7 Å². The molecular formula is C17H24N6O2. The number of aromatic nitrogens is 4. The molecule has 8 nitrogen and oxygen atoms in total. The second kappa shape index (κ2) is 7.60. The van der Waals surface area contributed by atoms with E-state index in [0.29, 0.717) is 24.5 Å². The Hall–Kier alpha value is -2.48. The van der Waals surface area contributed by atoms with E-state index in [9.17, 15) is 9.90 Å². The van der Waals surface area contributed by atoms with Gasteiger partial charge in [-0.2, -0.15) is 5.10 Å². The predicted octanol–water partition coefficient (Wildman–Crippen LogP) is 1.08.